The van der Waals surface area contributed by atoms with Crippen LogP contribution in [0.15, 0.2) is 70.3 Å². The minimum Gasteiger partial charge on any atom is -0.857 e. The lowest BCUT2D eigenvalue weighted by atomic mass is 9.98. The summed E-state index contributed by atoms with van der Waals surface area (Å²) in [5, 5.41) is 18.0. The van der Waals surface area contributed by atoms with E-state index in [1.807, 2.05) is 0 Å². The molecule has 0 spiro atoms. The van der Waals surface area contributed by atoms with Gasteiger partial charge >= 0.3 is 12.1 Å². The van der Waals surface area contributed by atoms with Crippen molar-refractivity contribution in [3.05, 3.63) is 76.3 Å². The molecular formula is C26H17ClF3N5O2S. The number of aliphatic imine (C=N–C) groups is 1. The fraction of sp³-hybridized carbons (Fsp3) is 0.154. The van der Waals surface area contributed by atoms with E-state index in [1.165, 1.54) is 12.1 Å². The average molecular weight is 556 g/mol. The van der Waals surface area contributed by atoms with Gasteiger partial charge < -0.3 is 10.8 Å². The fourth-order valence-electron chi connectivity index (χ4n) is 4.08. The number of alkyl halides is 3. The fourth-order valence-corrected chi connectivity index (χ4v) is 5.21. The second-order valence-corrected chi connectivity index (χ2v) is 10.3. The number of benzene rings is 2. The lowest BCUT2D eigenvalue weighted by Crippen LogP contribution is -2.32. The Kier molecular flexibility index (Phi) is 5.84. The van der Waals surface area contributed by atoms with E-state index in [4.69, 9.17) is 26.8 Å². The van der Waals surface area contributed by atoms with Crippen LogP contribution in [0, 0.1) is 0 Å². The van der Waals surface area contributed by atoms with E-state index >= 15 is 0 Å². The van der Waals surface area contributed by atoms with E-state index in [0.717, 1.165) is 41.9 Å². The molecule has 0 atom stereocenters. The molecule has 1 aliphatic rings. The number of nitrogens with zero attached hydrogens (tertiary/aromatic N) is 4. The zero-order valence-corrected chi connectivity index (χ0v) is 20.9. The number of nitrogens with two attached hydrogens (primary N) is 1. The Hall–Kier alpha value is -3.96. The third-order valence-corrected chi connectivity index (χ3v) is 7.50. The van der Waals surface area contributed by atoms with Crippen LogP contribution in [0.5, 0.6) is 0 Å². The number of rotatable bonds is 5. The second-order valence-electron chi connectivity index (χ2n) is 8.83. The number of hydrogen-bond acceptors (Lipinski definition) is 7. The topological polar surface area (TPSA) is 104 Å². The highest BCUT2D eigenvalue weighted by atomic mass is 35.5. The first kappa shape index (κ1) is 24.4. The van der Waals surface area contributed by atoms with E-state index < -0.39 is 17.6 Å². The van der Waals surface area contributed by atoms with Gasteiger partial charge in [0, 0.05) is 34.7 Å². The zero-order valence-electron chi connectivity index (χ0n) is 19.4. The van der Waals surface area contributed by atoms with E-state index in [1.54, 1.807) is 41.2 Å². The first-order valence-electron chi connectivity index (χ1n) is 11.5. The molecule has 192 valence electrons. The first-order valence-corrected chi connectivity index (χ1v) is 12.7. The Bertz CT molecular complexity index is 1690. The van der Waals surface area contributed by atoms with Gasteiger partial charge in [-0.15, -0.1) is 11.3 Å². The Morgan fingerprint density at radius 2 is 1.79 bits per heavy atom. The summed E-state index contributed by atoms with van der Waals surface area (Å²) in [6.45, 7) is 0. The SMILES string of the molecule is Nc1c(/C([O-])=N/c2c[n+](C3CC3)no2)sc2nc(-c3ccc(Cl)cc3)cc(-c3ccc(C(F)(F)F)cc3)c12. The van der Waals surface area contributed by atoms with Gasteiger partial charge in [0.1, 0.15) is 4.83 Å². The summed E-state index contributed by atoms with van der Waals surface area (Å²) in [5.41, 5.74) is 8.11. The molecule has 1 fully saturated rings. The second kappa shape index (κ2) is 9.10. The monoisotopic (exact) mass is 555 g/mol. The van der Waals surface area contributed by atoms with Crippen LogP contribution in [0.4, 0.5) is 24.7 Å². The largest absolute Gasteiger partial charge is 0.857 e. The van der Waals surface area contributed by atoms with Crippen molar-refractivity contribution < 1.29 is 27.5 Å². The normalized spacial score (nSPS) is 14.4. The highest BCUT2D eigenvalue weighted by Crippen LogP contribution is 2.42. The molecule has 6 rings (SSSR count). The van der Waals surface area contributed by atoms with Crippen molar-refractivity contribution in [2.24, 2.45) is 4.99 Å². The van der Waals surface area contributed by atoms with Crippen LogP contribution in [0.3, 0.4) is 0 Å². The van der Waals surface area contributed by atoms with Gasteiger partial charge in [-0.1, -0.05) is 35.9 Å². The van der Waals surface area contributed by atoms with Gasteiger partial charge in [-0.05, 0) is 46.1 Å². The summed E-state index contributed by atoms with van der Waals surface area (Å²) >= 11 is 7.08. The Labute approximate surface area is 222 Å². The molecule has 3 aromatic heterocycles. The minimum atomic E-state index is -4.47. The summed E-state index contributed by atoms with van der Waals surface area (Å²) in [5.74, 6) is -0.576. The van der Waals surface area contributed by atoms with Crippen LogP contribution in [-0.4, -0.2) is 16.2 Å². The summed E-state index contributed by atoms with van der Waals surface area (Å²) < 4.78 is 46.3. The predicted molar refractivity (Wildman–Crippen MR) is 136 cm³/mol. The molecular weight excluding hydrogens is 539 g/mol. The van der Waals surface area contributed by atoms with Crippen LogP contribution < -0.4 is 15.5 Å². The molecule has 7 nitrogen and oxygen atoms in total. The van der Waals surface area contributed by atoms with Gasteiger partial charge in [-0.2, -0.15) is 13.2 Å². The van der Waals surface area contributed by atoms with Gasteiger partial charge in [0.05, 0.1) is 21.8 Å². The smallest absolute Gasteiger partial charge is 0.416 e. The molecule has 0 unspecified atom stereocenters. The van der Waals surface area contributed by atoms with Gasteiger partial charge in [0.2, 0.25) is 5.27 Å². The average Bonchev–Trinajstić information content (AvgIpc) is 3.55. The number of fused-ring (bicyclic) bond motifs is 1. The Morgan fingerprint density at radius 3 is 2.45 bits per heavy atom. The van der Waals surface area contributed by atoms with Crippen molar-refractivity contribution in [1.82, 2.24) is 10.3 Å². The molecule has 3 heterocycles. The van der Waals surface area contributed by atoms with E-state index in [9.17, 15) is 18.3 Å². The quantitative estimate of drug-likeness (QED) is 0.164. The van der Waals surface area contributed by atoms with Crippen molar-refractivity contribution in [2.75, 3.05) is 5.73 Å². The third kappa shape index (κ3) is 4.59. The molecule has 38 heavy (non-hydrogen) atoms. The van der Waals surface area contributed by atoms with Crippen LogP contribution in [0.25, 0.3) is 32.6 Å². The molecule has 0 amide bonds. The first-order chi connectivity index (χ1) is 18.2. The standard InChI is InChI=1S/C26H17ClF3N5O2S/c27-16-7-3-14(4-8-16)19-11-18(13-1-5-15(6-2-13)26(28,29)30)21-22(31)23(38-25(21)32-19)24(36)33-20-12-35(34-37-20)17-9-10-17/h1-8,11-12,17H,9-10H2,(H2-,31,33,34,36). The predicted octanol–water partition coefficient (Wildman–Crippen LogP) is 5.93. The van der Waals surface area contributed by atoms with Crippen LogP contribution >= 0.6 is 22.9 Å². The van der Waals surface area contributed by atoms with Crippen LogP contribution in [-0.2, 0) is 6.18 Å². The zero-order chi connectivity index (χ0) is 26.6. The summed E-state index contributed by atoms with van der Waals surface area (Å²) in [4.78, 5) is 9.31. The summed E-state index contributed by atoms with van der Waals surface area (Å²) in [6.07, 6.45) is -0.935. The molecule has 0 bridgehead atoms. The Balaban J connectivity index is 1.50. The van der Waals surface area contributed by atoms with Crippen molar-refractivity contribution in [1.29, 1.82) is 0 Å². The van der Waals surface area contributed by atoms with Crippen molar-refractivity contribution in [2.45, 2.75) is 25.1 Å². The van der Waals surface area contributed by atoms with Crippen LogP contribution in [0.1, 0.15) is 29.3 Å². The number of halogens is 4. The molecule has 0 aliphatic heterocycles. The van der Waals surface area contributed by atoms with Crippen molar-refractivity contribution >= 4 is 50.6 Å². The molecule has 1 aliphatic carbocycles. The number of pyridine rings is 1. The maximum absolute atomic E-state index is 13.2. The van der Waals surface area contributed by atoms with E-state index in [-0.39, 0.29) is 22.5 Å². The maximum atomic E-state index is 13.2. The van der Waals surface area contributed by atoms with Gasteiger partial charge in [-0.25, -0.2) is 9.98 Å². The number of hydrogen-bond donors (Lipinski definition) is 1. The number of thiophene rings is 1. The highest BCUT2D eigenvalue weighted by Gasteiger charge is 2.35. The molecule has 0 radical (unpaired) electrons. The molecule has 1 saturated carbocycles. The summed E-state index contributed by atoms with van der Waals surface area (Å²) in [6, 6.07) is 13.7. The number of nitrogen functional groups attached to an aromatic ring is 1. The number of aromatic nitrogens is 3. The molecule has 2 aromatic carbocycles. The van der Waals surface area contributed by atoms with E-state index in [2.05, 4.69) is 10.3 Å². The van der Waals surface area contributed by atoms with Gasteiger partial charge in [-0.3, -0.25) is 4.52 Å². The molecule has 2 N–H and O–H groups in total. The molecule has 5 aromatic rings. The van der Waals surface area contributed by atoms with Crippen molar-refractivity contribution in [3.8, 4) is 22.4 Å². The summed E-state index contributed by atoms with van der Waals surface area (Å²) in [7, 11) is 0. The minimum absolute atomic E-state index is 0.0523. The van der Waals surface area contributed by atoms with Crippen molar-refractivity contribution in [3.63, 3.8) is 0 Å². The third-order valence-electron chi connectivity index (χ3n) is 6.16. The number of anilines is 1. The Morgan fingerprint density at radius 1 is 1.11 bits per heavy atom. The lowest BCUT2D eigenvalue weighted by Gasteiger charge is -2.11. The van der Waals surface area contributed by atoms with Crippen LogP contribution in [0.2, 0.25) is 5.02 Å². The van der Waals surface area contributed by atoms with Gasteiger partial charge in [0.25, 0.3) is 6.20 Å². The highest BCUT2D eigenvalue weighted by molar-refractivity contribution is 7.21. The maximum Gasteiger partial charge on any atom is 0.416 e. The lowest BCUT2D eigenvalue weighted by molar-refractivity contribution is -0.765. The van der Waals surface area contributed by atoms with E-state index in [0.29, 0.717) is 32.1 Å². The molecule has 0 saturated heterocycles. The molecule has 12 heteroatoms. The van der Waals surface area contributed by atoms with Gasteiger partial charge in [0.15, 0.2) is 6.04 Å².